The largest absolute Gasteiger partial charge is 0.381 e. The lowest BCUT2D eigenvalue weighted by Crippen LogP contribution is -2.37. The van der Waals surface area contributed by atoms with Gasteiger partial charge >= 0.3 is 0 Å². The van der Waals surface area contributed by atoms with Crippen molar-refractivity contribution in [3.63, 3.8) is 0 Å². The first-order valence-electron chi connectivity index (χ1n) is 8.44. The van der Waals surface area contributed by atoms with Gasteiger partial charge in [0.25, 0.3) is 0 Å². The Kier molecular flexibility index (Phi) is 4.91. The van der Waals surface area contributed by atoms with Crippen LogP contribution in [0.15, 0.2) is 4.52 Å². The third-order valence-corrected chi connectivity index (χ3v) is 5.09. The van der Waals surface area contributed by atoms with Crippen molar-refractivity contribution in [2.24, 2.45) is 11.7 Å². The van der Waals surface area contributed by atoms with Crippen LogP contribution >= 0.6 is 0 Å². The van der Waals surface area contributed by atoms with E-state index in [1.165, 1.54) is 38.5 Å². The van der Waals surface area contributed by atoms with Crippen LogP contribution in [0.3, 0.4) is 0 Å². The monoisotopic (exact) mass is 293 g/mol. The Morgan fingerprint density at radius 1 is 1.19 bits per heavy atom. The van der Waals surface area contributed by atoms with Crippen molar-refractivity contribution in [3.8, 4) is 0 Å². The van der Waals surface area contributed by atoms with E-state index in [1.807, 2.05) is 0 Å². The maximum atomic E-state index is 6.14. The Bertz CT molecular complexity index is 440. The molecule has 0 radical (unpaired) electrons. The highest BCUT2D eigenvalue weighted by molar-refractivity contribution is 5.04. The lowest BCUT2D eigenvalue weighted by molar-refractivity contribution is 0.0590. The molecule has 118 valence electrons. The predicted octanol–water partition coefficient (Wildman–Crippen LogP) is 2.97. The molecule has 1 aliphatic heterocycles. The molecule has 1 saturated heterocycles. The Hall–Kier alpha value is -0.940. The van der Waals surface area contributed by atoms with Gasteiger partial charge in [-0.05, 0) is 38.0 Å². The molecule has 2 unspecified atom stereocenters. The molecule has 2 aliphatic rings. The lowest BCUT2D eigenvalue weighted by atomic mass is 9.80. The second-order valence-electron chi connectivity index (χ2n) is 6.63. The van der Waals surface area contributed by atoms with Crippen molar-refractivity contribution < 1.29 is 9.26 Å². The van der Waals surface area contributed by atoms with E-state index >= 15 is 0 Å². The zero-order valence-corrected chi connectivity index (χ0v) is 13.0. The summed E-state index contributed by atoms with van der Waals surface area (Å²) in [6, 6.07) is 0.0762. The highest BCUT2D eigenvalue weighted by Gasteiger charge is 2.31. The van der Waals surface area contributed by atoms with E-state index in [-0.39, 0.29) is 12.0 Å². The van der Waals surface area contributed by atoms with Gasteiger partial charge in [0, 0.05) is 18.6 Å². The van der Waals surface area contributed by atoms with Crippen LogP contribution in [0.1, 0.15) is 75.4 Å². The summed E-state index contributed by atoms with van der Waals surface area (Å²) in [6.07, 6.45) is 8.50. The van der Waals surface area contributed by atoms with Crippen LogP contribution in [0.25, 0.3) is 0 Å². The van der Waals surface area contributed by atoms with Gasteiger partial charge in [0.05, 0.1) is 12.5 Å². The number of hydrogen-bond donors (Lipinski definition) is 1. The van der Waals surface area contributed by atoms with Gasteiger partial charge in [-0.1, -0.05) is 24.9 Å². The molecule has 2 heterocycles. The average Bonchev–Trinajstić information content (AvgIpc) is 2.98. The summed E-state index contributed by atoms with van der Waals surface area (Å²) in [5.74, 6) is 3.00. The van der Waals surface area contributed by atoms with Gasteiger partial charge in [-0.25, -0.2) is 0 Å². The molecule has 5 nitrogen and oxygen atoms in total. The van der Waals surface area contributed by atoms with E-state index in [2.05, 4.69) is 17.1 Å². The van der Waals surface area contributed by atoms with Crippen molar-refractivity contribution in [1.82, 2.24) is 10.1 Å². The fraction of sp³-hybridized carbons (Fsp3) is 0.875. The third-order valence-electron chi connectivity index (χ3n) is 5.09. The van der Waals surface area contributed by atoms with Gasteiger partial charge in [-0.3, -0.25) is 0 Å². The van der Waals surface area contributed by atoms with E-state index in [0.29, 0.717) is 18.4 Å². The van der Waals surface area contributed by atoms with Gasteiger partial charge < -0.3 is 15.0 Å². The second kappa shape index (κ2) is 6.88. The fourth-order valence-corrected chi connectivity index (χ4v) is 3.69. The molecule has 5 heteroatoms. The molecule has 2 N–H and O–H groups in total. The van der Waals surface area contributed by atoms with E-state index in [4.69, 9.17) is 15.0 Å². The molecule has 0 bridgehead atoms. The first-order chi connectivity index (χ1) is 10.3. The van der Waals surface area contributed by atoms with E-state index in [9.17, 15) is 0 Å². The van der Waals surface area contributed by atoms with Crippen LogP contribution in [-0.2, 0) is 4.74 Å². The Morgan fingerprint density at radius 3 is 2.71 bits per heavy atom. The molecule has 0 spiro atoms. The summed E-state index contributed by atoms with van der Waals surface area (Å²) in [6.45, 7) is 3.61. The number of hydrogen-bond acceptors (Lipinski definition) is 5. The molecular formula is C16H27N3O2. The summed E-state index contributed by atoms with van der Waals surface area (Å²) >= 11 is 0. The molecular weight excluding hydrogens is 266 g/mol. The smallest absolute Gasteiger partial charge is 0.233 e. The summed E-state index contributed by atoms with van der Waals surface area (Å²) in [5.41, 5.74) is 6.14. The minimum Gasteiger partial charge on any atom is -0.381 e. The Labute approximate surface area is 126 Å². The number of aromatic nitrogens is 2. The van der Waals surface area contributed by atoms with Crippen molar-refractivity contribution in [1.29, 1.82) is 0 Å². The average molecular weight is 293 g/mol. The van der Waals surface area contributed by atoms with E-state index < -0.39 is 0 Å². The van der Waals surface area contributed by atoms with E-state index in [1.54, 1.807) is 0 Å². The molecule has 0 amide bonds. The number of ether oxygens (including phenoxy) is 1. The zero-order chi connectivity index (χ0) is 14.7. The summed E-state index contributed by atoms with van der Waals surface area (Å²) in [7, 11) is 0. The third kappa shape index (κ3) is 3.46. The highest BCUT2D eigenvalue weighted by Crippen LogP contribution is 2.37. The maximum Gasteiger partial charge on any atom is 0.233 e. The molecule has 2 atom stereocenters. The molecule has 1 aromatic heterocycles. The topological polar surface area (TPSA) is 74.2 Å². The van der Waals surface area contributed by atoms with Crippen LogP contribution in [0, 0.1) is 5.92 Å². The number of nitrogens with zero attached hydrogens (tertiary/aromatic N) is 2. The van der Waals surface area contributed by atoms with Crippen molar-refractivity contribution >= 4 is 0 Å². The minimum atomic E-state index is 0.0661. The molecule has 21 heavy (non-hydrogen) atoms. The van der Waals surface area contributed by atoms with Crippen LogP contribution in [0.4, 0.5) is 0 Å². The van der Waals surface area contributed by atoms with Crippen LogP contribution in [0.2, 0.25) is 0 Å². The maximum absolute atomic E-state index is 6.14. The van der Waals surface area contributed by atoms with Gasteiger partial charge in [0.2, 0.25) is 5.89 Å². The van der Waals surface area contributed by atoms with Gasteiger partial charge in [0.1, 0.15) is 0 Å². The summed E-state index contributed by atoms with van der Waals surface area (Å²) in [5, 5.41) is 4.22. The fourth-order valence-electron chi connectivity index (χ4n) is 3.69. The van der Waals surface area contributed by atoms with Crippen LogP contribution in [0.5, 0.6) is 0 Å². The van der Waals surface area contributed by atoms with Crippen LogP contribution in [-0.4, -0.2) is 29.4 Å². The number of nitrogens with two attached hydrogens (primary N) is 1. The molecule has 1 aromatic rings. The van der Waals surface area contributed by atoms with Gasteiger partial charge in [-0.2, -0.15) is 4.98 Å². The first-order valence-corrected chi connectivity index (χ1v) is 8.44. The Morgan fingerprint density at radius 2 is 2.00 bits per heavy atom. The molecule has 3 rings (SSSR count). The van der Waals surface area contributed by atoms with Crippen LogP contribution < -0.4 is 5.73 Å². The van der Waals surface area contributed by atoms with Crippen molar-refractivity contribution in [2.45, 2.75) is 69.7 Å². The quantitative estimate of drug-likeness (QED) is 0.923. The van der Waals surface area contributed by atoms with Gasteiger partial charge in [-0.15, -0.1) is 0 Å². The minimum absolute atomic E-state index is 0.0661. The second-order valence-corrected chi connectivity index (χ2v) is 6.63. The Balaban J connectivity index is 1.60. The summed E-state index contributed by atoms with van der Waals surface area (Å²) in [4.78, 5) is 4.64. The van der Waals surface area contributed by atoms with Crippen molar-refractivity contribution in [3.05, 3.63) is 11.7 Å². The lowest BCUT2D eigenvalue weighted by Gasteiger charge is -2.26. The van der Waals surface area contributed by atoms with Crippen molar-refractivity contribution in [2.75, 3.05) is 13.2 Å². The first kappa shape index (κ1) is 15.0. The zero-order valence-electron chi connectivity index (χ0n) is 13.0. The summed E-state index contributed by atoms with van der Waals surface area (Å²) < 4.78 is 11.0. The molecule has 1 saturated carbocycles. The standard InChI is InChI=1S/C16H27N3O2/c1-2-3-11-4-6-12(7-5-11)15-18-16(21-19-15)13-10-20-9-8-14(13)17/h11-14H,2-10,17H2,1H3. The molecule has 1 aliphatic carbocycles. The molecule has 2 fully saturated rings. The normalized spacial score (nSPS) is 34.0. The predicted molar refractivity (Wildman–Crippen MR) is 80.1 cm³/mol. The highest BCUT2D eigenvalue weighted by atomic mass is 16.5. The molecule has 0 aromatic carbocycles. The van der Waals surface area contributed by atoms with Gasteiger partial charge in [0.15, 0.2) is 5.82 Å². The van der Waals surface area contributed by atoms with E-state index in [0.717, 1.165) is 24.8 Å². The number of rotatable bonds is 4. The SMILES string of the molecule is CCCC1CCC(c2noc(C3COCCC3N)n2)CC1.